The van der Waals surface area contributed by atoms with Crippen molar-refractivity contribution in [1.29, 1.82) is 0 Å². The Kier molecular flexibility index (Phi) is 4.79. The summed E-state index contributed by atoms with van der Waals surface area (Å²) in [7, 11) is 0. The van der Waals surface area contributed by atoms with Gasteiger partial charge in [0, 0.05) is 12.7 Å². The normalized spacial score (nSPS) is 11.5. The van der Waals surface area contributed by atoms with Gasteiger partial charge in [0.15, 0.2) is 10.8 Å². The predicted molar refractivity (Wildman–Crippen MR) is 80.1 cm³/mol. The van der Waals surface area contributed by atoms with Crippen LogP contribution in [0.5, 0.6) is 0 Å². The predicted octanol–water partition coefficient (Wildman–Crippen LogP) is 2.88. The van der Waals surface area contributed by atoms with Gasteiger partial charge in [0.25, 0.3) is 0 Å². The maximum atomic E-state index is 10.7. The quantitative estimate of drug-likeness (QED) is 0.654. The monoisotopic (exact) mass is 291 g/mol. The highest BCUT2D eigenvalue weighted by atomic mass is 32.2. The van der Waals surface area contributed by atoms with Crippen LogP contribution in [0.4, 0.5) is 0 Å². The van der Waals surface area contributed by atoms with E-state index in [2.05, 4.69) is 16.0 Å². The second kappa shape index (κ2) is 6.56. The number of carboxylic acid groups (broad SMARTS) is 1. The van der Waals surface area contributed by atoms with E-state index < -0.39 is 5.97 Å². The number of nitrogens with zero attached hydrogens (tertiary/aromatic N) is 3. The molecule has 5 nitrogen and oxygen atoms in total. The molecule has 0 aliphatic rings. The molecule has 0 aliphatic carbocycles. The van der Waals surface area contributed by atoms with Crippen LogP contribution in [0.2, 0.25) is 0 Å². The molecule has 2 aromatic rings. The second-order valence-electron chi connectivity index (χ2n) is 4.44. The molecular weight excluding hydrogens is 274 g/mol. The zero-order valence-electron chi connectivity index (χ0n) is 11.5. The Bertz CT molecular complexity index is 649. The van der Waals surface area contributed by atoms with E-state index in [1.807, 2.05) is 36.8 Å². The van der Waals surface area contributed by atoms with Gasteiger partial charge in [-0.15, -0.1) is 0 Å². The highest BCUT2D eigenvalue weighted by molar-refractivity contribution is 7.99. The first-order chi connectivity index (χ1) is 9.61. The Hall–Kier alpha value is -1.82. The summed E-state index contributed by atoms with van der Waals surface area (Å²) in [6.07, 6.45) is 6.76. The summed E-state index contributed by atoms with van der Waals surface area (Å²) in [6.45, 7) is 4.70. The van der Waals surface area contributed by atoms with Gasteiger partial charge in [0.2, 0.25) is 0 Å². The van der Waals surface area contributed by atoms with Gasteiger partial charge in [-0.1, -0.05) is 23.9 Å². The summed E-state index contributed by atoms with van der Waals surface area (Å²) >= 11 is 1.23. The highest BCUT2D eigenvalue weighted by Crippen LogP contribution is 2.23. The lowest BCUT2D eigenvalue weighted by Gasteiger charge is -2.05. The molecule has 6 heteroatoms. The third-order valence-corrected chi connectivity index (χ3v) is 3.73. The minimum absolute atomic E-state index is 0.00587. The van der Waals surface area contributed by atoms with Crippen LogP contribution in [0.1, 0.15) is 18.9 Å². The fourth-order valence-electron chi connectivity index (χ4n) is 1.90. The third-order valence-electron chi connectivity index (χ3n) is 2.77. The number of imidazole rings is 1. The molecule has 0 radical (unpaired) electrons. The minimum atomic E-state index is -0.841. The van der Waals surface area contributed by atoms with Crippen LogP contribution in [0.25, 0.3) is 11.2 Å². The van der Waals surface area contributed by atoms with Crippen LogP contribution in [0, 0.1) is 6.92 Å². The largest absolute Gasteiger partial charge is 0.481 e. The van der Waals surface area contributed by atoms with Crippen LogP contribution in [0.3, 0.4) is 0 Å². The number of rotatable bonds is 6. The van der Waals surface area contributed by atoms with Crippen LogP contribution in [-0.4, -0.2) is 31.4 Å². The average molecular weight is 291 g/mol. The van der Waals surface area contributed by atoms with Crippen molar-refractivity contribution in [3.05, 3.63) is 30.0 Å². The number of aryl methyl sites for hydroxylation is 2. The van der Waals surface area contributed by atoms with Gasteiger partial charge in [0.05, 0.1) is 5.75 Å². The van der Waals surface area contributed by atoms with Crippen molar-refractivity contribution in [3.63, 3.8) is 0 Å². The van der Waals surface area contributed by atoms with E-state index in [4.69, 9.17) is 5.11 Å². The van der Waals surface area contributed by atoms with Crippen LogP contribution in [-0.2, 0) is 11.3 Å². The Morgan fingerprint density at radius 3 is 3.05 bits per heavy atom. The molecule has 0 spiro atoms. The van der Waals surface area contributed by atoms with Gasteiger partial charge in [-0.2, -0.15) is 0 Å². The molecule has 0 unspecified atom stereocenters. The van der Waals surface area contributed by atoms with Crippen LogP contribution in [0.15, 0.2) is 29.6 Å². The summed E-state index contributed by atoms with van der Waals surface area (Å²) in [5.74, 6) is -0.836. The van der Waals surface area contributed by atoms with Crippen molar-refractivity contribution in [3.8, 4) is 0 Å². The van der Waals surface area contributed by atoms with Gasteiger partial charge < -0.3 is 9.67 Å². The summed E-state index contributed by atoms with van der Waals surface area (Å²) in [5, 5.41) is 9.53. The van der Waals surface area contributed by atoms with E-state index in [1.54, 1.807) is 0 Å². The number of aliphatic carboxylic acids is 1. The number of pyridine rings is 1. The van der Waals surface area contributed by atoms with Gasteiger partial charge in [-0.25, -0.2) is 9.97 Å². The number of hydrogen-bond donors (Lipinski definition) is 1. The number of carbonyl (C=O) groups is 1. The Morgan fingerprint density at radius 2 is 2.35 bits per heavy atom. The molecule has 0 aliphatic heterocycles. The molecule has 0 saturated carbocycles. The van der Waals surface area contributed by atoms with E-state index in [0.717, 1.165) is 29.7 Å². The van der Waals surface area contributed by atoms with Crippen molar-refractivity contribution in [2.24, 2.45) is 0 Å². The standard InChI is InChI=1S/C14H17N3O2S/c1-3-4-5-6-17-13-11(7-10(2)8-15-13)16-14(17)20-9-12(18)19/h3-4,7-8H,5-6,9H2,1-2H3,(H,18,19)/b4-3+. The molecule has 2 aromatic heterocycles. The summed E-state index contributed by atoms with van der Waals surface area (Å²) in [4.78, 5) is 19.7. The fourth-order valence-corrected chi connectivity index (χ4v) is 2.65. The number of fused-ring (bicyclic) bond motifs is 1. The maximum absolute atomic E-state index is 10.7. The van der Waals surface area contributed by atoms with Crippen molar-refractivity contribution >= 4 is 28.9 Å². The van der Waals surface area contributed by atoms with Crippen molar-refractivity contribution in [2.45, 2.75) is 32.0 Å². The van der Waals surface area contributed by atoms with E-state index >= 15 is 0 Å². The van der Waals surface area contributed by atoms with E-state index in [0.29, 0.717) is 5.16 Å². The number of aromatic nitrogens is 3. The molecule has 0 saturated heterocycles. The third kappa shape index (κ3) is 3.39. The van der Waals surface area contributed by atoms with Gasteiger partial charge >= 0.3 is 5.97 Å². The van der Waals surface area contributed by atoms with E-state index in [1.165, 1.54) is 11.8 Å². The molecule has 2 heterocycles. The van der Waals surface area contributed by atoms with Crippen molar-refractivity contribution in [2.75, 3.05) is 5.75 Å². The Balaban J connectivity index is 2.36. The Labute approximate surface area is 121 Å². The summed E-state index contributed by atoms with van der Waals surface area (Å²) < 4.78 is 1.99. The summed E-state index contributed by atoms with van der Waals surface area (Å²) in [5.41, 5.74) is 2.68. The first kappa shape index (κ1) is 14.6. The molecule has 0 aromatic carbocycles. The number of allylic oxidation sites excluding steroid dienone is 2. The van der Waals surface area contributed by atoms with Crippen molar-refractivity contribution in [1.82, 2.24) is 14.5 Å². The lowest BCUT2D eigenvalue weighted by molar-refractivity contribution is -0.133. The summed E-state index contributed by atoms with van der Waals surface area (Å²) in [6, 6.07) is 1.97. The van der Waals surface area contributed by atoms with Gasteiger partial charge in [0.1, 0.15) is 5.52 Å². The number of hydrogen-bond acceptors (Lipinski definition) is 4. The van der Waals surface area contributed by atoms with E-state index in [9.17, 15) is 4.79 Å². The maximum Gasteiger partial charge on any atom is 0.313 e. The van der Waals surface area contributed by atoms with Crippen LogP contribution >= 0.6 is 11.8 Å². The van der Waals surface area contributed by atoms with Gasteiger partial charge in [-0.3, -0.25) is 4.79 Å². The zero-order chi connectivity index (χ0) is 14.5. The SMILES string of the molecule is C/C=C/CCn1c(SCC(=O)O)nc2cc(C)cnc21. The lowest BCUT2D eigenvalue weighted by atomic mass is 10.3. The molecule has 0 atom stereocenters. The number of carboxylic acids is 1. The molecular formula is C14H17N3O2S. The molecule has 2 rings (SSSR count). The zero-order valence-corrected chi connectivity index (χ0v) is 12.4. The second-order valence-corrected chi connectivity index (χ2v) is 5.38. The molecule has 1 N–H and O–H groups in total. The van der Waals surface area contributed by atoms with E-state index in [-0.39, 0.29) is 5.75 Å². The van der Waals surface area contributed by atoms with Gasteiger partial charge in [-0.05, 0) is 31.9 Å². The van der Waals surface area contributed by atoms with Crippen molar-refractivity contribution < 1.29 is 9.90 Å². The topological polar surface area (TPSA) is 68.0 Å². The Morgan fingerprint density at radius 1 is 1.55 bits per heavy atom. The first-order valence-corrected chi connectivity index (χ1v) is 7.39. The molecule has 0 bridgehead atoms. The lowest BCUT2D eigenvalue weighted by Crippen LogP contribution is -2.03. The highest BCUT2D eigenvalue weighted by Gasteiger charge is 2.13. The van der Waals surface area contributed by atoms with Crippen LogP contribution < -0.4 is 0 Å². The molecule has 20 heavy (non-hydrogen) atoms. The first-order valence-electron chi connectivity index (χ1n) is 6.40. The fraction of sp³-hybridized carbons (Fsp3) is 0.357. The molecule has 0 fully saturated rings. The smallest absolute Gasteiger partial charge is 0.313 e. The molecule has 0 amide bonds. The average Bonchev–Trinajstić information content (AvgIpc) is 2.74. The number of thioether (sulfide) groups is 1. The molecule has 106 valence electrons. The minimum Gasteiger partial charge on any atom is -0.481 e.